The van der Waals surface area contributed by atoms with Gasteiger partial charge in [-0.2, -0.15) is 0 Å². The van der Waals surface area contributed by atoms with Gasteiger partial charge < -0.3 is 15.0 Å². The van der Waals surface area contributed by atoms with E-state index in [1.807, 2.05) is 0 Å². The standard InChI is InChI=1S/C20H22ClN3O3/c1-13-5-4-10-24(12-13)20(26)16-7-3-6-15(22-16)19(25)23-17-11-14(21)8-9-18(17)27-2/h3,6-9,11,13H,4-5,10,12H2,1-2H3,(H,23,25). The molecule has 1 aliphatic rings. The number of hydrogen-bond acceptors (Lipinski definition) is 4. The average molecular weight is 388 g/mol. The summed E-state index contributed by atoms with van der Waals surface area (Å²) in [5.74, 6) is 0.389. The lowest BCUT2D eigenvalue weighted by Gasteiger charge is -2.30. The van der Waals surface area contributed by atoms with Crippen LogP contribution in [0.15, 0.2) is 36.4 Å². The van der Waals surface area contributed by atoms with Gasteiger partial charge >= 0.3 is 0 Å². The largest absolute Gasteiger partial charge is 0.495 e. The normalized spacial score (nSPS) is 16.7. The van der Waals surface area contributed by atoms with E-state index in [4.69, 9.17) is 16.3 Å². The number of methoxy groups -OCH3 is 1. The minimum atomic E-state index is -0.433. The number of nitrogens with zero attached hydrogens (tertiary/aromatic N) is 2. The first kappa shape index (κ1) is 19.2. The zero-order chi connectivity index (χ0) is 19.4. The fourth-order valence-corrected chi connectivity index (χ4v) is 3.35. The summed E-state index contributed by atoms with van der Waals surface area (Å²) in [5, 5.41) is 3.21. The Morgan fingerprint density at radius 1 is 1.26 bits per heavy atom. The van der Waals surface area contributed by atoms with Crippen LogP contribution >= 0.6 is 11.6 Å². The lowest BCUT2D eigenvalue weighted by atomic mass is 10.00. The zero-order valence-electron chi connectivity index (χ0n) is 15.4. The van der Waals surface area contributed by atoms with Crippen LogP contribution in [-0.2, 0) is 0 Å². The first-order valence-corrected chi connectivity index (χ1v) is 9.27. The molecule has 1 unspecified atom stereocenters. The second kappa shape index (κ2) is 8.39. The molecule has 0 spiro atoms. The number of anilines is 1. The molecule has 27 heavy (non-hydrogen) atoms. The molecule has 1 aliphatic heterocycles. The predicted octanol–water partition coefficient (Wildman–Crippen LogP) is 3.87. The maximum absolute atomic E-state index is 12.7. The Hall–Kier alpha value is -2.60. The topological polar surface area (TPSA) is 71.5 Å². The van der Waals surface area contributed by atoms with Crippen molar-refractivity contribution in [1.29, 1.82) is 0 Å². The van der Waals surface area contributed by atoms with E-state index in [0.29, 0.717) is 22.4 Å². The molecule has 0 saturated carbocycles. The fraction of sp³-hybridized carbons (Fsp3) is 0.350. The van der Waals surface area contributed by atoms with Crippen molar-refractivity contribution in [3.8, 4) is 5.75 Å². The maximum atomic E-state index is 12.7. The lowest BCUT2D eigenvalue weighted by Crippen LogP contribution is -2.39. The summed E-state index contributed by atoms with van der Waals surface area (Å²) in [7, 11) is 1.51. The fourth-order valence-electron chi connectivity index (χ4n) is 3.18. The van der Waals surface area contributed by atoms with Gasteiger partial charge in [-0.15, -0.1) is 0 Å². The summed E-state index contributed by atoms with van der Waals surface area (Å²) in [5.41, 5.74) is 0.876. The van der Waals surface area contributed by atoms with Crippen molar-refractivity contribution in [2.75, 3.05) is 25.5 Å². The number of ether oxygens (including phenoxy) is 1. The third-order valence-electron chi connectivity index (χ3n) is 4.55. The van der Waals surface area contributed by atoms with E-state index in [1.54, 1.807) is 41.3 Å². The third kappa shape index (κ3) is 4.57. The van der Waals surface area contributed by atoms with Gasteiger partial charge in [0.05, 0.1) is 12.8 Å². The van der Waals surface area contributed by atoms with Gasteiger partial charge in [0.1, 0.15) is 17.1 Å². The van der Waals surface area contributed by atoms with Gasteiger partial charge in [0, 0.05) is 18.1 Å². The van der Waals surface area contributed by atoms with Crippen LogP contribution in [0.2, 0.25) is 5.02 Å². The van der Waals surface area contributed by atoms with Crippen LogP contribution in [0.4, 0.5) is 5.69 Å². The Kier molecular flexibility index (Phi) is 5.96. The molecule has 7 heteroatoms. The SMILES string of the molecule is COc1ccc(Cl)cc1NC(=O)c1cccc(C(=O)N2CCCC(C)C2)n1. The summed E-state index contributed by atoms with van der Waals surface area (Å²) in [6.07, 6.45) is 2.11. The quantitative estimate of drug-likeness (QED) is 0.864. The molecular weight excluding hydrogens is 366 g/mol. The van der Waals surface area contributed by atoms with E-state index in [-0.39, 0.29) is 17.3 Å². The van der Waals surface area contributed by atoms with Crippen molar-refractivity contribution in [3.63, 3.8) is 0 Å². The maximum Gasteiger partial charge on any atom is 0.274 e. The number of likely N-dealkylation sites (tertiary alicyclic amines) is 1. The van der Waals surface area contributed by atoms with Crippen molar-refractivity contribution in [1.82, 2.24) is 9.88 Å². The van der Waals surface area contributed by atoms with Crippen LogP contribution in [0.25, 0.3) is 0 Å². The van der Waals surface area contributed by atoms with Gasteiger partial charge in [0.2, 0.25) is 0 Å². The number of amides is 2. The number of halogens is 1. The zero-order valence-corrected chi connectivity index (χ0v) is 16.1. The molecule has 1 saturated heterocycles. The number of pyridine rings is 1. The highest BCUT2D eigenvalue weighted by molar-refractivity contribution is 6.31. The first-order valence-electron chi connectivity index (χ1n) is 8.89. The first-order chi connectivity index (χ1) is 13.0. The molecule has 1 aromatic heterocycles. The molecule has 2 amide bonds. The minimum absolute atomic E-state index is 0.142. The Morgan fingerprint density at radius 3 is 2.78 bits per heavy atom. The highest BCUT2D eigenvalue weighted by atomic mass is 35.5. The van der Waals surface area contributed by atoms with Crippen molar-refractivity contribution in [2.24, 2.45) is 5.92 Å². The van der Waals surface area contributed by atoms with Crippen molar-refractivity contribution >= 4 is 29.1 Å². The third-order valence-corrected chi connectivity index (χ3v) is 4.79. The van der Waals surface area contributed by atoms with Gasteiger partial charge in [0.25, 0.3) is 11.8 Å². The molecule has 0 radical (unpaired) electrons. The van der Waals surface area contributed by atoms with E-state index in [2.05, 4.69) is 17.2 Å². The highest BCUT2D eigenvalue weighted by Gasteiger charge is 2.23. The predicted molar refractivity (Wildman–Crippen MR) is 104 cm³/mol. The van der Waals surface area contributed by atoms with E-state index in [1.165, 1.54) is 7.11 Å². The average Bonchev–Trinajstić information content (AvgIpc) is 2.67. The summed E-state index contributed by atoms with van der Waals surface area (Å²) >= 11 is 6.00. The van der Waals surface area contributed by atoms with Crippen LogP contribution in [0.3, 0.4) is 0 Å². The van der Waals surface area contributed by atoms with Gasteiger partial charge in [-0.1, -0.05) is 24.6 Å². The molecule has 142 valence electrons. The van der Waals surface area contributed by atoms with Crippen LogP contribution < -0.4 is 10.1 Å². The molecule has 1 atom stereocenters. The molecule has 0 bridgehead atoms. The molecule has 2 heterocycles. The number of carbonyl (C=O) groups excluding carboxylic acids is 2. The van der Waals surface area contributed by atoms with E-state index < -0.39 is 5.91 Å². The number of nitrogens with one attached hydrogen (secondary N) is 1. The monoisotopic (exact) mass is 387 g/mol. The number of aromatic nitrogens is 1. The van der Waals surface area contributed by atoms with E-state index in [0.717, 1.165) is 25.9 Å². The Balaban J connectivity index is 1.78. The molecule has 2 aromatic rings. The molecule has 1 N–H and O–H groups in total. The summed E-state index contributed by atoms with van der Waals surface area (Å²) in [4.78, 5) is 31.4. The second-order valence-corrected chi connectivity index (χ2v) is 7.14. The van der Waals surface area contributed by atoms with Gasteiger partial charge in [-0.3, -0.25) is 9.59 Å². The molecule has 1 fully saturated rings. The number of carbonyl (C=O) groups is 2. The lowest BCUT2D eigenvalue weighted by molar-refractivity contribution is 0.0677. The number of benzene rings is 1. The van der Waals surface area contributed by atoms with Crippen LogP contribution in [0.1, 0.15) is 40.7 Å². The van der Waals surface area contributed by atoms with Crippen LogP contribution in [0.5, 0.6) is 5.75 Å². The van der Waals surface area contributed by atoms with Crippen LogP contribution in [0, 0.1) is 5.92 Å². The van der Waals surface area contributed by atoms with Gasteiger partial charge in [-0.25, -0.2) is 4.98 Å². The molecule has 0 aliphatic carbocycles. The summed E-state index contributed by atoms with van der Waals surface area (Å²) in [6, 6.07) is 9.82. The van der Waals surface area contributed by atoms with Crippen molar-refractivity contribution < 1.29 is 14.3 Å². The Labute approximate surface area is 163 Å². The van der Waals surface area contributed by atoms with Gasteiger partial charge in [0.15, 0.2) is 0 Å². The summed E-state index contributed by atoms with van der Waals surface area (Å²) < 4.78 is 5.23. The highest BCUT2D eigenvalue weighted by Crippen LogP contribution is 2.28. The molecule has 1 aromatic carbocycles. The number of piperidine rings is 1. The Morgan fingerprint density at radius 2 is 2.04 bits per heavy atom. The summed E-state index contributed by atoms with van der Waals surface area (Å²) in [6.45, 7) is 3.58. The van der Waals surface area contributed by atoms with Crippen molar-refractivity contribution in [3.05, 3.63) is 52.8 Å². The molecular formula is C20H22ClN3O3. The smallest absolute Gasteiger partial charge is 0.274 e. The number of hydrogen-bond donors (Lipinski definition) is 1. The minimum Gasteiger partial charge on any atom is -0.495 e. The van der Waals surface area contributed by atoms with E-state index in [9.17, 15) is 9.59 Å². The van der Waals surface area contributed by atoms with Gasteiger partial charge in [-0.05, 0) is 49.1 Å². The molecule has 6 nitrogen and oxygen atoms in total. The second-order valence-electron chi connectivity index (χ2n) is 6.71. The number of rotatable bonds is 4. The molecule has 3 rings (SSSR count). The van der Waals surface area contributed by atoms with Crippen LogP contribution in [-0.4, -0.2) is 41.9 Å². The van der Waals surface area contributed by atoms with Crippen molar-refractivity contribution in [2.45, 2.75) is 19.8 Å². The Bertz CT molecular complexity index is 856. The van der Waals surface area contributed by atoms with E-state index >= 15 is 0 Å².